The van der Waals surface area contributed by atoms with Crippen LogP contribution >= 0.6 is 38.1 Å². The van der Waals surface area contributed by atoms with Gasteiger partial charge in [0.05, 0.1) is 51.1 Å². The van der Waals surface area contributed by atoms with E-state index in [1.807, 2.05) is 0 Å². The van der Waals surface area contributed by atoms with Crippen LogP contribution in [-0.4, -0.2) is 147 Å². The van der Waals surface area contributed by atoms with Crippen molar-refractivity contribution in [1.82, 2.24) is 38.6 Å². The summed E-state index contributed by atoms with van der Waals surface area (Å²) in [7, 11) is 1.29. The fraction of sp³-hybridized carbons (Fsp3) is 0.639. The number of anilines is 1. The first-order valence-corrected chi connectivity index (χ1v) is 33.8. The van der Waals surface area contributed by atoms with Crippen molar-refractivity contribution in [3.8, 4) is 0 Å². The third-order valence-corrected chi connectivity index (χ3v) is 18.3. The van der Waals surface area contributed by atoms with Crippen LogP contribution < -0.4 is 33.8 Å². The summed E-state index contributed by atoms with van der Waals surface area (Å²) in [5.41, 5.74) is -1.21. The van der Waals surface area contributed by atoms with Gasteiger partial charge in [-0.05, 0) is 74.4 Å². The van der Waals surface area contributed by atoms with Crippen LogP contribution in [0, 0.1) is 6.92 Å². The Labute approximate surface area is 449 Å². The van der Waals surface area contributed by atoms with Gasteiger partial charge in [0.15, 0.2) is 17.4 Å². The number of nitrogens with two attached hydrogens (primary N) is 1. The van der Waals surface area contributed by atoms with Gasteiger partial charge in [-0.15, -0.1) is 0 Å². The van der Waals surface area contributed by atoms with Gasteiger partial charge in [0.2, 0.25) is 11.6 Å². The van der Waals surface area contributed by atoms with Crippen LogP contribution in [0.15, 0.2) is 48.8 Å². The molecule has 0 saturated carbocycles. The molecule has 0 radical (unpaired) electrons. The summed E-state index contributed by atoms with van der Waals surface area (Å²) in [6.07, 6.45) is -9.07. The van der Waals surface area contributed by atoms with Gasteiger partial charge < -0.3 is 80.7 Å². The minimum atomic E-state index is -4.45. The van der Waals surface area contributed by atoms with Crippen molar-refractivity contribution < 1.29 is 74.9 Å². The number of aliphatic hydroxyl groups excluding tert-OH is 1. The quantitative estimate of drug-likeness (QED) is 0.0247. The van der Waals surface area contributed by atoms with E-state index in [4.69, 9.17) is 108 Å². The number of nitrogens with zero attached hydrogens (tertiary/aromatic N) is 5. The first kappa shape index (κ1) is 60.5. The molecule has 5 unspecified atom stereocenters. The maximum atomic E-state index is 13.1. The van der Waals surface area contributed by atoms with E-state index < -0.39 is 141 Å². The SMILES string of the molecule is COC1[C@@H](OP(=S)(S)OCCCO)[C@@H](COP(O)(=S)O[C@@H]2C[C@H](n3cc(C)c(=O)[nH]c3=O)O[C@@H]2COP(O)(=S)O[C@@H]2C[C@H](n3cnc4c(=O)[nH]c(N)nc43)O[C@@H]2COP(O)(=S)OC(C)C)O[C@H]1n1ccc(=O)[nH]c1=O. The molecule has 14 atom stereocenters. The van der Waals surface area contributed by atoms with Gasteiger partial charge in [-0.3, -0.25) is 43.0 Å². The molecule has 39 heteroatoms. The summed E-state index contributed by atoms with van der Waals surface area (Å²) in [6, 6.07) is 1.07. The fourth-order valence-electron chi connectivity index (χ4n) is 7.92. The lowest BCUT2D eigenvalue weighted by molar-refractivity contribution is -0.0636. The Morgan fingerprint density at radius 3 is 1.97 bits per heavy atom. The molecule has 0 aromatic carbocycles. The molecule has 9 N–H and O–H groups in total. The number of nitrogens with one attached hydrogen (secondary N) is 3. The van der Waals surface area contributed by atoms with Crippen LogP contribution in [0.25, 0.3) is 11.2 Å². The summed E-state index contributed by atoms with van der Waals surface area (Å²) in [6.45, 7) is -9.91. The van der Waals surface area contributed by atoms with Gasteiger partial charge in [0, 0.05) is 50.6 Å². The predicted octanol–water partition coefficient (Wildman–Crippen LogP) is 0.432. The summed E-state index contributed by atoms with van der Waals surface area (Å²) in [5.74, 6) is -0.206. The third kappa shape index (κ3) is 15.6. The van der Waals surface area contributed by atoms with Gasteiger partial charge in [-0.1, -0.05) is 12.2 Å². The Morgan fingerprint density at radius 2 is 1.39 bits per heavy atom. The number of hydrogen-bond donors (Lipinski definition) is 9. The van der Waals surface area contributed by atoms with Crippen molar-refractivity contribution in [1.29, 1.82) is 0 Å². The zero-order chi connectivity index (χ0) is 54.8. The van der Waals surface area contributed by atoms with Crippen molar-refractivity contribution in [2.45, 2.75) is 108 Å². The highest BCUT2D eigenvalue weighted by molar-refractivity contribution is 8.60. The monoisotopic (exact) mass is 1230 g/mol. The number of H-pyrrole nitrogens is 3. The van der Waals surface area contributed by atoms with Crippen LogP contribution in [0.2, 0.25) is 0 Å². The highest BCUT2D eigenvalue weighted by atomic mass is 32.9. The fourth-order valence-corrected chi connectivity index (χ4v) is 14.6. The van der Waals surface area contributed by atoms with Crippen molar-refractivity contribution >= 4 is 102 Å². The Morgan fingerprint density at radius 1 is 0.800 bits per heavy atom. The van der Waals surface area contributed by atoms with E-state index in [0.29, 0.717) is 0 Å². The van der Waals surface area contributed by atoms with E-state index in [1.165, 1.54) is 31.1 Å². The number of aryl methyl sites for hydroxylation is 1. The Balaban J connectivity index is 1.10. The Hall–Kier alpha value is -2.18. The smallest absolute Gasteiger partial charge is 0.330 e. The van der Waals surface area contributed by atoms with Crippen LogP contribution in [-0.2, 0) is 102 Å². The molecule has 4 aromatic heterocycles. The molecule has 3 fully saturated rings. The van der Waals surface area contributed by atoms with E-state index in [0.717, 1.165) is 21.4 Å². The zero-order valence-corrected chi connectivity index (χ0v) is 47.5. The molecule has 0 amide bonds. The molecule has 7 heterocycles. The number of imidazole rings is 1. The lowest BCUT2D eigenvalue weighted by Crippen LogP contribution is -2.39. The lowest BCUT2D eigenvalue weighted by Gasteiger charge is -2.29. The van der Waals surface area contributed by atoms with Gasteiger partial charge in [0.1, 0.15) is 43.0 Å². The average Bonchev–Trinajstić information content (AvgIpc) is 4.09. The van der Waals surface area contributed by atoms with Crippen LogP contribution in [0.4, 0.5) is 5.95 Å². The highest BCUT2D eigenvalue weighted by Crippen LogP contribution is 2.58. The van der Waals surface area contributed by atoms with E-state index in [9.17, 15) is 43.8 Å². The molecule has 30 nitrogen and oxygen atoms in total. The molecule has 0 spiro atoms. The number of aliphatic hydroxyl groups is 1. The second kappa shape index (κ2) is 25.1. The standard InChI is InChI=1S/C36H53N9O21P4S5/c1-17(2)63-67(52,71)57-13-22-20(11-26(61-22)45-16-38-27-30(45)40-34(37)41-32(27)49)65-68(53,72)58-14-21-19(10-25(60-21)44-12-18(3)31(48)42-36(44)51)64-69(54,73)59-15-23-28(66-70(74,75)56-9-5-8-46)29(55-4)33(62-23)43-7-6-24(47)39-35(43)50/h6-7,12,16-17,19-23,25-26,28-29,33,46H,5,8-11,13-15H2,1-4H3,(H,52,71)(H,53,72)(H,54,73)(H,74,75)(H,39,47,50)(H,42,48,51)(H3,37,40,41,49)/t19-,20-,21-,22-,23-,25-,26-,28+,29?,33-,67?,68?,69?/m1/s1. The molecule has 3 aliphatic heterocycles. The number of rotatable bonds is 25. The van der Waals surface area contributed by atoms with Crippen molar-refractivity contribution in [2.75, 3.05) is 45.9 Å². The maximum Gasteiger partial charge on any atom is 0.330 e. The molecule has 418 valence electrons. The largest absolute Gasteiger partial charge is 0.396 e. The number of thiol groups is 1. The molecule has 0 bridgehead atoms. The normalized spacial score (nSPS) is 28.3. The van der Waals surface area contributed by atoms with Gasteiger partial charge in [-0.2, -0.15) is 4.98 Å². The van der Waals surface area contributed by atoms with E-state index in [1.54, 1.807) is 13.8 Å². The van der Waals surface area contributed by atoms with E-state index >= 15 is 0 Å². The number of hydrogen-bond acceptors (Lipinski definition) is 25. The second-order valence-electron chi connectivity index (χ2n) is 17.0. The van der Waals surface area contributed by atoms with E-state index in [2.05, 4.69) is 37.2 Å². The summed E-state index contributed by atoms with van der Waals surface area (Å²) < 4.78 is 74.2. The minimum Gasteiger partial charge on any atom is -0.396 e. The first-order chi connectivity index (χ1) is 35.2. The molecule has 75 heavy (non-hydrogen) atoms. The number of aromatic amines is 3. The van der Waals surface area contributed by atoms with Crippen molar-refractivity contribution in [3.05, 3.63) is 82.4 Å². The molecule has 3 saturated heterocycles. The third-order valence-electron chi connectivity index (χ3n) is 11.2. The molecule has 4 aromatic rings. The maximum absolute atomic E-state index is 13.1. The average molecular weight is 1230 g/mol. The van der Waals surface area contributed by atoms with Crippen molar-refractivity contribution in [3.63, 3.8) is 0 Å². The first-order valence-electron chi connectivity index (χ1n) is 22.3. The summed E-state index contributed by atoms with van der Waals surface area (Å²) >= 11 is 26.0. The van der Waals surface area contributed by atoms with Crippen LogP contribution in [0.1, 0.15) is 57.4 Å². The van der Waals surface area contributed by atoms with Crippen LogP contribution in [0.5, 0.6) is 0 Å². The van der Waals surface area contributed by atoms with Crippen LogP contribution in [0.3, 0.4) is 0 Å². The second-order valence-corrected chi connectivity index (χ2v) is 30.6. The molecule has 3 aliphatic rings. The topological polar surface area (TPSA) is 391 Å². The number of nitrogen functional groups attached to an aromatic ring is 1. The number of aromatic nitrogens is 8. The number of methoxy groups -OCH3 is 1. The van der Waals surface area contributed by atoms with E-state index in [-0.39, 0.29) is 55.2 Å². The highest BCUT2D eigenvalue weighted by Gasteiger charge is 2.51. The number of fused-ring (bicyclic) bond motifs is 1. The van der Waals surface area contributed by atoms with Gasteiger partial charge in [0.25, 0.3) is 16.7 Å². The predicted molar refractivity (Wildman–Crippen MR) is 281 cm³/mol. The van der Waals surface area contributed by atoms with Gasteiger partial charge in [-0.25, -0.2) is 14.6 Å². The lowest BCUT2D eigenvalue weighted by atomic mass is 10.1. The number of ether oxygens (including phenoxy) is 4. The Kier molecular flexibility index (Phi) is 20.2. The zero-order valence-electron chi connectivity index (χ0n) is 39.7. The Bertz CT molecular complexity index is 3200. The molecule has 7 rings (SSSR count). The van der Waals surface area contributed by atoms with Crippen molar-refractivity contribution in [2.24, 2.45) is 0 Å². The van der Waals surface area contributed by atoms with Gasteiger partial charge >= 0.3 is 31.5 Å². The minimum absolute atomic E-state index is 0.0296. The molecule has 0 aliphatic carbocycles. The molecular weight excluding hydrogens is 1180 g/mol. The summed E-state index contributed by atoms with van der Waals surface area (Å²) in [4.78, 5) is 112. The molecular formula is C36H53N9O21P4S5. The summed E-state index contributed by atoms with van der Waals surface area (Å²) in [5, 5.41) is 9.28.